The van der Waals surface area contributed by atoms with Gasteiger partial charge in [-0.3, -0.25) is 0 Å². The second-order valence-electron chi connectivity index (χ2n) is 4.19. The van der Waals surface area contributed by atoms with Gasteiger partial charge in [0.25, 0.3) is 0 Å². The zero-order valence-corrected chi connectivity index (χ0v) is 11.1. The number of nitrogens with two attached hydrogens (primary N) is 2. The van der Waals surface area contributed by atoms with Crippen molar-refractivity contribution in [3.8, 4) is 0 Å². The molecule has 0 radical (unpaired) electrons. The van der Waals surface area contributed by atoms with Crippen molar-refractivity contribution in [3.05, 3.63) is 17.7 Å². The highest BCUT2D eigenvalue weighted by molar-refractivity contribution is 7.89. The molecule has 0 bridgehead atoms. The molecule has 96 valence electrons. The van der Waals surface area contributed by atoms with Crippen molar-refractivity contribution in [2.45, 2.75) is 38.1 Å². The number of benzene rings is 1. The second-order valence-corrected chi connectivity index (χ2v) is 5.72. The molecule has 0 saturated carbocycles. The lowest BCUT2D eigenvalue weighted by Crippen LogP contribution is -2.18. The second kappa shape index (κ2) is 4.93. The molecule has 6 heteroatoms. The van der Waals surface area contributed by atoms with Crippen LogP contribution in [0.5, 0.6) is 0 Å². The first-order chi connectivity index (χ1) is 7.75. The predicted molar refractivity (Wildman–Crippen MR) is 70.3 cm³/mol. The Morgan fingerprint density at radius 1 is 1.41 bits per heavy atom. The van der Waals surface area contributed by atoms with E-state index >= 15 is 0 Å². The third-order valence-electron chi connectivity index (χ3n) is 2.70. The maximum absolute atomic E-state index is 11.4. The highest BCUT2D eigenvalue weighted by Crippen LogP contribution is 2.26. The Morgan fingerprint density at radius 3 is 2.47 bits per heavy atom. The van der Waals surface area contributed by atoms with E-state index in [1.807, 2.05) is 13.8 Å². The van der Waals surface area contributed by atoms with Crippen molar-refractivity contribution in [2.75, 3.05) is 11.1 Å². The lowest BCUT2D eigenvalue weighted by atomic mass is 10.1. The molecule has 0 aromatic heterocycles. The molecule has 0 heterocycles. The van der Waals surface area contributed by atoms with Crippen molar-refractivity contribution in [1.82, 2.24) is 0 Å². The molecule has 1 aromatic rings. The average molecular weight is 257 g/mol. The Kier molecular flexibility index (Phi) is 4.00. The summed E-state index contributed by atoms with van der Waals surface area (Å²) in [6, 6.07) is 3.34. The van der Waals surface area contributed by atoms with Crippen LogP contribution in [0.25, 0.3) is 0 Å². The topological polar surface area (TPSA) is 98.2 Å². The van der Waals surface area contributed by atoms with Gasteiger partial charge in [-0.15, -0.1) is 0 Å². The van der Waals surface area contributed by atoms with E-state index in [9.17, 15) is 8.42 Å². The Bertz CT molecular complexity index is 512. The number of primary sulfonamides is 1. The molecule has 0 spiro atoms. The first-order valence-electron chi connectivity index (χ1n) is 5.45. The van der Waals surface area contributed by atoms with Crippen LogP contribution in [0.4, 0.5) is 11.4 Å². The summed E-state index contributed by atoms with van der Waals surface area (Å²) in [5.74, 6) is 0. The summed E-state index contributed by atoms with van der Waals surface area (Å²) in [6.45, 7) is 5.77. The third kappa shape index (κ3) is 3.34. The summed E-state index contributed by atoms with van der Waals surface area (Å²) in [6.07, 6.45) is 0.930. The zero-order chi connectivity index (χ0) is 13.2. The van der Waals surface area contributed by atoms with Crippen LogP contribution in [-0.4, -0.2) is 14.5 Å². The molecule has 17 heavy (non-hydrogen) atoms. The smallest absolute Gasteiger partial charge is 0.238 e. The van der Waals surface area contributed by atoms with E-state index in [-0.39, 0.29) is 10.9 Å². The fourth-order valence-electron chi connectivity index (χ4n) is 1.52. The van der Waals surface area contributed by atoms with Crippen LogP contribution in [0.15, 0.2) is 17.0 Å². The van der Waals surface area contributed by atoms with E-state index in [0.717, 1.165) is 6.42 Å². The fraction of sp³-hybridized carbons (Fsp3) is 0.455. The molecule has 0 fully saturated rings. The summed E-state index contributed by atoms with van der Waals surface area (Å²) in [7, 11) is -3.74. The highest BCUT2D eigenvalue weighted by atomic mass is 32.2. The summed E-state index contributed by atoms with van der Waals surface area (Å²) in [5.41, 5.74) is 7.37. The van der Waals surface area contributed by atoms with Gasteiger partial charge >= 0.3 is 0 Å². The summed E-state index contributed by atoms with van der Waals surface area (Å²) in [5, 5.41) is 8.36. The van der Waals surface area contributed by atoms with Gasteiger partial charge in [-0.25, -0.2) is 13.6 Å². The number of nitrogens with one attached hydrogen (secondary N) is 1. The Hall–Kier alpha value is -1.27. The number of anilines is 2. The van der Waals surface area contributed by atoms with E-state index in [4.69, 9.17) is 10.9 Å². The minimum absolute atomic E-state index is 0.0725. The van der Waals surface area contributed by atoms with Gasteiger partial charge in [-0.1, -0.05) is 6.92 Å². The first kappa shape index (κ1) is 13.8. The van der Waals surface area contributed by atoms with E-state index in [2.05, 4.69) is 5.32 Å². The standard InChI is InChI=1S/C11H19N3O2S/c1-4-7(2)14-10-5-9(12)6-11(8(10)3)17(13,15)16/h5-7,14H,4,12H2,1-3H3,(H2,13,15,16). The van der Waals surface area contributed by atoms with Gasteiger partial charge in [0.05, 0.1) is 4.90 Å². The molecule has 1 unspecified atom stereocenters. The third-order valence-corrected chi connectivity index (χ3v) is 3.74. The fourth-order valence-corrected chi connectivity index (χ4v) is 2.36. The van der Waals surface area contributed by atoms with Gasteiger partial charge in [0.2, 0.25) is 10.0 Å². The molecule has 1 aromatic carbocycles. The average Bonchev–Trinajstić information content (AvgIpc) is 2.21. The highest BCUT2D eigenvalue weighted by Gasteiger charge is 2.16. The Labute approximate surface area is 102 Å². The maximum atomic E-state index is 11.4. The molecular weight excluding hydrogens is 238 g/mol. The number of rotatable bonds is 4. The number of sulfonamides is 1. The predicted octanol–water partition coefficient (Wildman–Crippen LogP) is 1.44. The molecule has 5 N–H and O–H groups in total. The number of hydrogen-bond donors (Lipinski definition) is 3. The molecule has 0 aliphatic heterocycles. The van der Waals surface area contributed by atoms with Crippen molar-refractivity contribution in [1.29, 1.82) is 0 Å². The van der Waals surface area contributed by atoms with Gasteiger partial charge in [-0.2, -0.15) is 0 Å². The molecule has 0 aliphatic rings. The van der Waals surface area contributed by atoms with Crippen molar-refractivity contribution >= 4 is 21.4 Å². The van der Waals surface area contributed by atoms with Gasteiger partial charge < -0.3 is 11.1 Å². The van der Waals surface area contributed by atoms with E-state index in [0.29, 0.717) is 16.9 Å². The zero-order valence-electron chi connectivity index (χ0n) is 10.3. The SMILES string of the molecule is CCC(C)Nc1cc(N)cc(S(N)(=O)=O)c1C. The van der Waals surface area contributed by atoms with Crippen LogP contribution in [0, 0.1) is 6.92 Å². The van der Waals surface area contributed by atoms with Gasteiger partial charge in [-0.05, 0) is 38.0 Å². The summed E-state index contributed by atoms with van der Waals surface area (Å²) < 4.78 is 22.8. The van der Waals surface area contributed by atoms with Crippen LogP contribution in [0.2, 0.25) is 0 Å². The summed E-state index contributed by atoms with van der Waals surface area (Å²) in [4.78, 5) is 0.0725. The van der Waals surface area contributed by atoms with Crippen LogP contribution in [0.3, 0.4) is 0 Å². The summed E-state index contributed by atoms with van der Waals surface area (Å²) >= 11 is 0. The monoisotopic (exact) mass is 257 g/mol. The molecule has 0 saturated heterocycles. The normalized spacial score (nSPS) is 13.4. The molecule has 5 nitrogen and oxygen atoms in total. The lowest BCUT2D eigenvalue weighted by Gasteiger charge is -2.17. The molecule has 1 rings (SSSR count). The maximum Gasteiger partial charge on any atom is 0.238 e. The minimum atomic E-state index is -3.74. The quantitative estimate of drug-likeness (QED) is 0.711. The van der Waals surface area contributed by atoms with Crippen molar-refractivity contribution in [2.24, 2.45) is 5.14 Å². The number of nitrogen functional groups attached to an aromatic ring is 1. The van der Waals surface area contributed by atoms with Gasteiger partial charge in [0, 0.05) is 17.4 Å². The Morgan fingerprint density at radius 2 is 2.00 bits per heavy atom. The lowest BCUT2D eigenvalue weighted by molar-refractivity contribution is 0.597. The molecule has 1 atom stereocenters. The van der Waals surface area contributed by atoms with E-state index < -0.39 is 10.0 Å². The molecule has 0 amide bonds. The van der Waals surface area contributed by atoms with Crippen LogP contribution >= 0.6 is 0 Å². The number of hydrogen-bond acceptors (Lipinski definition) is 4. The largest absolute Gasteiger partial charge is 0.399 e. The van der Waals surface area contributed by atoms with E-state index in [1.165, 1.54) is 6.07 Å². The molecule has 0 aliphatic carbocycles. The van der Waals surface area contributed by atoms with Crippen LogP contribution in [-0.2, 0) is 10.0 Å². The van der Waals surface area contributed by atoms with Gasteiger partial charge in [0.15, 0.2) is 0 Å². The van der Waals surface area contributed by atoms with Crippen LogP contribution < -0.4 is 16.2 Å². The van der Waals surface area contributed by atoms with Crippen molar-refractivity contribution < 1.29 is 8.42 Å². The first-order valence-corrected chi connectivity index (χ1v) is 6.99. The Balaban J connectivity index is 3.29. The molecular formula is C11H19N3O2S. The van der Waals surface area contributed by atoms with Crippen LogP contribution in [0.1, 0.15) is 25.8 Å². The van der Waals surface area contributed by atoms with Gasteiger partial charge in [0.1, 0.15) is 0 Å². The van der Waals surface area contributed by atoms with E-state index in [1.54, 1.807) is 13.0 Å². The van der Waals surface area contributed by atoms with Crippen molar-refractivity contribution in [3.63, 3.8) is 0 Å². The minimum Gasteiger partial charge on any atom is -0.399 e.